The third-order valence-electron chi connectivity index (χ3n) is 3.42. The maximum absolute atomic E-state index is 3.15. The number of anilines is 1. The lowest BCUT2D eigenvalue weighted by molar-refractivity contribution is 0.890. The predicted molar refractivity (Wildman–Crippen MR) is 80.5 cm³/mol. The summed E-state index contributed by atoms with van der Waals surface area (Å²) in [6.45, 7) is 0. The molecule has 0 bridgehead atoms. The van der Waals surface area contributed by atoms with Crippen molar-refractivity contribution in [2.75, 3.05) is 18.1 Å². The van der Waals surface area contributed by atoms with Gasteiger partial charge in [0, 0.05) is 17.6 Å². The Morgan fingerprint density at radius 3 is 2.56 bits per heavy atom. The van der Waals surface area contributed by atoms with Crippen molar-refractivity contribution in [1.82, 2.24) is 0 Å². The van der Waals surface area contributed by atoms with Crippen LogP contribution in [-0.4, -0.2) is 12.8 Å². The first-order valence-corrected chi connectivity index (χ1v) is 7.39. The van der Waals surface area contributed by atoms with Crippen LogP contribution >= 0.6 is 11.8 Å². The summed E-state index contributed by atoms with van der Waals surface area (Å²) >= 11 is 1.99. The van der Waals surface area contributed by atoms with Crippen molar-refractivity contribution in [2.24, 2.45) is 0 Å². The van der Waals surface area contributed by atoms with Crippen molar-refractivity contribution in [2.45, 2.75) is 17.7 Å². The minimum absolute atomic E-state index is 1.16. The Morgan fingerprint density at radius 2 is 1.78 bits per heavy atom. The van der Waals surface area contributed by atoms with Crippen molar-refractivity contribution >= 4 is 17.4 Å². The van der Waals surface area contributed by atoms with Gasteiger partial charge in [0.25, 0.3) is 0 Å². The zero-order valence-electron chi connectivity index (χ0n) is 10.6. The summed E-state index contributed by atoms with van der Waals surface area (Å²) in [5.74, 6) is 1.27. The lowest BCUT2D eigenvalue weighted by Crippen LogP contribution is -1.98. The van der Waals surface area contributed by atoms with E-state index in [-0.39, 0.29) is 0 Å². The molecule has 0 amide bonds. The van der Waals surface area contributed by atoms with E-state index in [0.717, 1.165) is 5.69 Å². The standard InChI is InChI=1S/C16H17NS/c1-17-15-7-4-12(5-8-15)13-6-9-16-14(11-13)3-2-10-18-16/h4-9,11,17H,2-3,10H2,1H3. The Bertz CT molecular complexity index is 546. The average Bonchev–Trinajstić information content (AvgIpc) is 2.47. The highest BCUT2D eigenvalue weighted by Crippen LogP contribution is 2.33. The Balaban J connectivity index is 1.95. The summed E-state index contributed by atoms with van der Waals surface area (Å²) < 4.78 is 0. The fraction of sp³-hybridized carbons (Fsp3) is 0.250. The van der Waals surface area contributed by atoms with Crippen molar-refractivity contribution in [3.05, 3.63) is 48.0 Å². The lowest BCUT2D eigenvalue weighted by atomic mass is 10.0. The van der Waals surface area contributed by atoms with Crippen LogP contribution in [0.3, 0.4) is 0 Å². The molecule has 1 aliphatic heterocycles. The molecule has 0 saturated heterocycles. The smallest absolute Gasteiger partial charge is 0.0337 e. The first kappa shape index (κ1) is 11.7. The molecule has 0 spiro atoms. The van der Waals surface area contributed by atoms with Crippen LogP contribution in [0.5, 0.6) is 0 Å². The molecule has 0 radical (unpaired) electrons. The van der Waals surface area contributed by atoms with Crippen LogP contribution in [0, 0.1) is 0 Å². The molecular weight excluding hydrogens is 238 g/mol. The molecule has 0 saturated carbocycles. The first-order valence-electron chi connectivity index (χ1n) is 6.41. The molecule has 0 fully saturated rings. The van der Waals surface area contributed by atoms with E-state index in [4.69, 9.17) is 0 Å². The average molecular weight is 255 g/mol. The number of rotatable bonds is 2. The van der Waals surface area contributed by atoms with E-state index >= 15 is 0 Å². The Morgan fingerprint density at radius 1 is 1.00 bits per heavy atom. The second-order valence-corrected chi connectivity index (χ2v) is 5.74. The molecule has 3 rings (SSSR count). The van der Waals surface area contributed by atoms with Gasteiger partial charge in [0.05, 0.1) is 0 Å². The Hall–Kier alpha value is -1.41. The molecule has 0 unspecified atom stereocenters. The first-order chi connectivity index (χ1) is 8.86. The van der Waals surface area contributed by atoms with Crippen molar-refractivity contribution in [3.8, 4) is 11.1 Å². The normalized spacial score (nSPS) is 14.1. The molecule has 92 valence electrons. The molecule has 1 heterocycles. The highest BCUT2D eigenvalue weighted by atomic mass is 32.2. The van der Waals surface area contributed by atoms with Gasteiger partial charge in [-0.3, -0.25) is 0 Å². The third kappa shape index (κ3) is 2.25. The number of benzene rings is 2. The third-order valence-corrected chi connectivity index (χ3v) is 4.62. The van der Waals surface area contributed by atoms with Crippen LogP contribution < -0.4 is 5.32 Å². The van der Waals surface area contributed by atoms with Crippen LogP contribution in [-0.2, 0) is 6.42 Å². The van der Waals surface area contributed by atoms with E-state index in [1.165, 1.54) is 40.2 Å². The van der Waals surface area contributed by atoms with Crippen LogP contribution in [0.15, 0.2) is 47.4 Å². The summed E-state index contributed by atoms with van der Waals surface area (Å²) in [6.07, 6.45) is 2.53. The van der Waals surface area contributed by atoms with E-state index in [1.54, 1.807) is 0 Å². The van der Waals surface area contributed by atoms with E-state index in [1.807, 2.05) is 18.8 Å². The van der Waals surface area contributed by atoms with Crippen molar-refractivity contribution in [1.29, 1.82) is 0 Å². The predicted octanol–water partition coefficient (Wildman–Crippen LogP) is 4.43. The number of nitrogens with one attached hydrogen (secondary N) is 1. The molecule has 1 nitrogen and oxygen atoms in total. The van der Waals surface area contributed by atoms with E-state index in [2.05, 4.69) is 47.8 Å². The zero-order chi connectivity index (χ0) is 12.4. The molecule has 18 heavy (non-hydrogen) atoms. The van der Waals surface area contributed by atoms with Crippen LogP contribution in [0.2, 0.25) is 0 Å². The molecule has 2 aromatic carbocycles. The fourth-order valence-electron chi connectivity index (χ4n) is 2.37. The maximum atomic E-state index is 3.15. The van der Waals surface area contributed by atoms with Gasteiger partial charge in [0.2, 0.25) is 0 Å². The second kappa shape index (κ2) is 5.07. The summed E-state index contributed by atoms with van der Waals surface area (Å²) in [4.78, 5) is 1.47. The van der Waals surface area contributed by atoms with E-state index in [0.29, 0.717) is 0 Å². The molecule has 0 atom stereocenters. The topological polar surface area (TPSA) is 12.0 Å². The molecule has 1 N–H and O–H groups in total. The molecule has 0 aliphatic carbocycles. The fourth-order valence-corrected chi connectivity index (χ4v) is 3.39. The summed E-state index contributed by atoms with van der Waals surface area (Å²) in [7, 11) is 1.95. The van der Waals surface area contributed by atoms with Crippen LogP contribution in [0.4, 0.5) is 5.69 Å². The van der Waals surface area contributed by atoms with E-state index < -0.39 is 0 Å². The van der Waals surface area contributed by atoms with Crippen molar-refractivity contribution in [3.63, 3.8) is 0 Å². The highest BCUT2D eigenvalue weighted by molar-refractivity contribution is 7.99. The number of fused-ring (bicyclic) bond motifs is 1. The van der Waals surface area contributed by atoms with Crippen LogP contribution in [0.1, 0.15) is 12.0 Å². The number of hydrogen-bond donors (Lipinski definition) is 1. The van der Waals surface area contributed by atoms with Gasteiger partial charge >= 0.3 is 0 Å². The summed E-state index contributed by atoms with van der Waals surface area (Å²) in [5.41, 5.74) is 5.31. The van der Waals surface area contributed by atoms with Gasteiger partial charge in [-0.2, -0.15) is 0 Å². The SMILES string of the molecule is CNc1ccc(-c2ccc3c(c2)CCCS3)cc1. The lowest BCUT2D eigenvalue weighted by Gasteiger charge is -2.16. The van der Waals surface area contributed by atoms with Gasteiger partial charge in [-0.1, -0.05) is 24.3 Å². The van der Waals surface area contributed by atoms with Gasteiger partial charge in [0.15, 0.2) is 0 Å². The minimum atomic E-state index is 1.16. The molecule has 1 aliphatic rings. The number of thioether (sulfide) groups is 1. The molecular formula is C16H17NS. The number of aryl methyl sites for hydroxylation is 1. The minimum Gasteiger partial charge on any atom is -0.388 e. The summed E-state index contributed by atoms with van der Waals surface area (Å²) in [5, 5.41) is 3.15. The van der Waals surface area contributed by atoms with Crippen LogP contribution in [0.25, 0.3) is 11.1 Å². The van der Waals surface area contributed by atoms with Gasteiger partial charge in [-0.25, -0.2) is 0 Å². The Labute approximate surface area is 113 Å². The van der Waals surface area contributed by atoms with Crippen molar-refractivity contribution < 1.29 is 0 Å². The molecule has 0 aromatic heterocycles. The largest absolute Gasteiger partial charge is 0.388 e. The quantitative estimate of drug-likeness (QED) is 0.851. The number of hydrogen-bond acceptors (Lipinski definition) is 2. The summed E-state index contributed by atoms with van der Waals surface area (Å²) in [6, 6.07) is 15.5. The maximum Gasteiger partial charge on any atom is 0.0337 e. The Kier molecular flexibility index (Phi) is 3.28. The van der Waals surface area contributed by atoms with Gasteiger partial charge < -0.3 is 5.32 Å². The van der Waals surface area contributed by atoms with Gasteiger partial charge in [-0.15, -0.1) is 11.8 Å². The molecule has 2 heteroatoms. The highest BCUT2D eigenvalue weighted by Gasteiger charge is 2.10. The van der Waals surface area contributed by atoms with Gasteiger partial charge in [-0.05, 0) is 53.5 Å². The monoisotopic (exact) mass is 255 g/mol. The zero-order valence-corrected chi connectivity index (χ0v) is 11.4. The molecule has 2 aromatic rings. The second-order valence-electron chi connectivity index (χ2n) is 4.60. The van der Waals surface area contributed by atoms with Gasteiger partial charge in [0.1, 0.15) is 0 Å². The van der Waals surface area contributed by atoms with E-state index in [9.17, 15) is 0 Å².